The van der Waals surface area contributed by atoms with Crippen LogP contribution in [0.1, 0.15) is 12.5 Å². The predicted octanol–water partition coefficient (Wildman–Crippen LogP) is 4.35. The van der Waals surface area contributed by atoms with Crippen LogP contribution in [0.25, 0.3) is 0 Å². The molecule has 2 N–H and O–H groups in total. The Bertz CT molecular complexity index is 992. The molecule has 0 bridgehead atoms. The smallest absolute Gasteiger partial charge is 0.234 e. The van der Waals surface area contributed by atoms with E-state index >= 15 is 0 Å². The Kier molecular flexibility index (Phi) is 6.16. The van der Waals surface area contributed by atoms with Crippen LogP contribution in [0.2, 0.25) is 0 Å². The van der Waals surface area contributed by atoms with Crippen molar-refractivity contribution < 1.29 is 14.3 Å². The fourth-order valence-corrected chi connectivity index (χ4v) is 4.28. The molecule has 0 saturated carbocycles. The summed E-state index contributed by atoms with van der Waals surface area (Å²) < 4.78 is 11.7. The molecule has 0 aliphatic carbocycles. The van der Waals surface area contributed by atoms with Crippen LogP contribution < -0.4 is 20.1 Å². The Balaban J connectivity index is 1.28. The van der Waals surface area contributed by atoms with E-state index in [4.69, 9.17) is 9.47 Å². The Morgan fingerprint density at radius 3 is 2.62 bits per heavy atom. The van der Waals surface area contributed by atoms with E-state index in [1.807, 2.05) is 12.1 Å². The molecule has 0 saturated heterocycles. The van der Waals surface area contributed by atoms with Gasteiger partial charge in [-0.15, -0.1) is 10.2 Å². The first-order valence-electron chi connectivity index (χ1n) is 9.21. The number of hydrogen-bond donors (Lipinski definition) is 2. The zero-order valence-corrected chi connectivity index (χ0v) is 17.4. The molecule has 7 nitrogen and oxygen atoms in total. The van der Waals surface area contributed by atoms with Crippen LogP contribution in [0.15, 0.2) is 46.8 Å². The average Bonchev–Trinajstić information content (AvgIpc) is 3.20. The molecule has 150 valence electrons. The van der Waals surface area contributed by atoms with Crippen LogP contribution >= 0.6 is 23.1 Å². The van der Waals surface area contributed by atoms with Crippen molar-refractivity contribution in [2.45, 2.75) is 17.7 Å². The topological polar surface area (TPSA) is 85.4 Å². The maximum absolute atomic E-state index is 12.2. The van der Waals surface area contributed by atoms with E-state index in [0.717, 1.165) is 16.4 Å². The number of hydrogen-bond acceptors (Lipinski definition) is 8. The van der Waals surface area contributed by atoms with Gasteiger partial charge >= 0.3 is 0 Å². The highest BCUT2D eigenvalue weighted by Gasteiger charge is 2.13. The molecule has 2 aromatic carbocycles. The highest BCUT2D eigenvalue weighted by Crippen LogP contribution is 2.33. The summed E-state index contributed by atoms with van der Waals surface area (Å²) in [5.41, 5.74) is 2.93. The first-order chi connectivity index (χ1) is 14.2. The van der Waals surface area contributed by atoms with Gasteiger partial charge in [0.15, 0.2) is 15.8 Å². The van der Waals surface area contributed by atoms with Crippen molar-refractivity contribution in [2.75, 3.05) is 29.6 Å². The molecule has 0 atom stereocenters. The monoisotopic (exact) mass is 428 g/mol. The number of aromatic nitrogens is 2. The summed E-state index contributed by atoms with van der Waals surface area (Å²) in [6, 6.07) is 13.6. The molecule has 1 aliphatic heterocycles. The second-order valence-electron chi connectivity index (χ2n) is 6.24. The summed E-state index contributed by atoms with van der Waals surface area (Å²) >= 11 is 2.77. The van der Waals surface area contributed by atoms with Gasteiger partial charge in [0, 0.05) is 17.4 Å². The molecule has 0 spiro atoms. The molecule has 29 heavy (non-hydrogen) atoms. The Morgan fingerprint density at radius 1 is 1.07 bits per heavy atom. The highest BCUT2D eigenvalue weighted by molar-refractivity contribution is 8.01. The lowest BCUT2D eigenvalue weighted by Crippen LogP contribution is -2.17. The fraction of sp³-hybridized carbons (Fsp3) is 0.250. The molecule has 1 aromatic heterocycles. The third-order valence-electron chi connectivity index (χ3n) is 4.17. The number of thioether (sulfide) groups is 1. The van der Waals surface area contributed by atoms with Gasteiger partial charge in [0.05, 0.1) is 5.75 Å². The van der Waals surface area contributed by atoms with Gasteiger partial charge in [-0.1, -0.05) is 42.2 Å². The second kappa shape index (κ2) is 9.15. The van der Waals surface area contributed by atoms with Crippen LogP contribution in [0.3, 0.4) is 0 Å². The molecule has 4 rings (SSSR count). The van der Waals surface area contributed by atoms with Crippen molar-refractivity contribution in [1.82, 2.24) is 10.2 Å². The Hall–Kier alpha value is -2.78. The van der Waals surface area contributed by atoms with Gasteiger partial charge in [0.2, 0.25) is 11.0 Å². The molecule has 0 radical (unpaired) electrons. The number of benzene rings is 2. The lowest BCUT2D eigenvalue weighted by Gasteiger charge is -2.18. The first kappa shape index (κ1) is 19.5. The van der Waals surface area contributed by atoms with E-state index in [-0.39, 0.29) is 11.7 Å². The molecule has 0 fully saturated rings. The van der Waals surface area contributed by atoms with Crippen molar-refractivity contribution >= 4 is 45.5 Å². The standard InChI is InChI=1S/C20H20N4O3S2/c1-2-13-3-5-14(6-4-13)22-19-23-24-20(29-19)28-12-18(25)21-15-7-8-16-17(11-15)27-10-9-26-16/h3-8,11H,2,9-10,12H2,1H3,(H,21,25)(H,22,23). The first-order valence-corrected chi connectivity index (χ1v) is 11.0. The third-order valence-corrected chi connectivity index (χ3v) is 6.14. The Morgan fingerprint density at radius 2 is 1.83 bits per heavy atom. The summed E-state index contributed by atoms with van der Waals surface area (Å²) in [6.45, 7) is 3.18. The molecule has 1 aliphatic rings. The van der Waals surface area contributed by atoms with Gasteiger partial charge in [-0.2, -0.15) is 0 Å². The third kappa shape index (κ3) is 5.18. The van der Waals surface area contributed by atoms with Gasteiger partial charge in [0.1, 0.15) is 13.2 Å². The fourth-order valence-electron chi connectivity index (χ4n) is 2.71. The average molecular weight is 429 g/mol. The minimum absolute atomic E-state index is 0.119. The number of anilines is 3. The number of aryl methyl sites for hydroxylation is 1. The van der Waals surface area contributed by atoms with Crippen molar-refractivity contribution in [3.63, 3.8) is 0 Å². The minimum atomic E-state index is -0.119. The molecule has 2 heterocycles. The summed E-state index contributed by atoms with van der Waals surface area (Å²) in [5.74, 6) is 1.47. The van der Waals surface area contributed by atoms with Crippen LogP contribution in [-0.4, -0.2) is 35.1 Å². The van der Waals surface area contributed by atoms with Crippen LogP contribution in [-0.2, 0) is 11.2 Å². The van der Waals surface area contributed by atoms with Gasteiger partial charge in [-0.25, -0.2) is 0 Å². The highest BCUT2D eigenvalue weighted by atomic mass is 32.2. The minimum Gasteiger partial charge on any atom is -0.486 e. The molecular weight excluding hydrogens is 408 g/mol. The quantitative estimate of drug-likeness (QED) is 0.541. The van der Waals surface area contributed by atoms with E-state index in [1.165, 1.54) is 28.7 Å². The van der Waals surface area contributed by atoms with Gasteiger partial charge in [0.25, 0.3) is 0 Å². The van der Waals surface area contributed by atoms with Crippen molar-refractivity contribution in [3.8, 4) is 11.5 Å². The van der Waals surface area contributed by atoms with Crippen LogP contribution in [0, 0.1) is 0 Å². The number of carbonyl (C=O) groups is 1. The number of fused-ring (bicyclic) bond motifs is 1. The van der Waals surface area contributed by atoms with Crippen LogP contribution in [0.4, 0.5) is 16.5 Å². The number of rotatable bonds is 7. The zero-order chi connectivity index (χ0) is 20.1. The van der Waals surface area contributed by atoms with Gasteiger partial charge in [-0.3, -0.25) is 4.79 Å². The summed E-state index contributed by atoms with van der Waals surface area (Å²) in [7, 11) is 0. The van der Waals surface area contributed by atoms with E-state index in [1.54, 1.807) is 18.2 Å². The number of nitrogens with zero attached hydrogens (tertiary/aromatic N) is 2. The molecule has 1 amide bonds. The number of nitrogens with one attached hydrogen (secondary N) is 2. The maximum atomic E-state index is 12.2. The maximum Gasteiger partial charge on any atom is 0.234 e. The lowest BCUT2D eigenvalue weighted by atomic mass is 10.1. The zero-order valence-electron chi connectivity index (χ0n) is 15.8. The Labute approximate surface area is 176 Å². The normalized spacial score (nSPS) is 12.4. The molecule has 0 unspecified atom stereocenters. The summed E-state index contributed by atoms with van der Waals surface area (Å²) in [5, 5.41) is 15.1. The second-order valence-corrected chi connectivity index (χ2v) is 8.44. The summed E-state index contributed by atoms with van der Waals surface area (Å²) in [4.78, 5) is 12.2. The molecule has 3 aromatic rings. The number of ether oxygens (including phenoxy) is 2. The largest absolute Gasteiger partial charge is 0.486 e. The predicted molar refractivity (Wildman–Crippen MR) is 116 cm³/mol. The SMILES string of the molecule is CCc1ccc(Nc2nnc(SCC(=O)Nc3ccc4c(c3)OCCO4)s2)cc1. The van der Waals surface area contributed by atoms with Crippen molar-refractivity contribution in [1.29, 1.82) is 0 Å². The van der Waals surface area contributed by atoms with E-state index in [2.05, 4.69) is 39.9 Å². The van der Waals surface area contributed by atoms with Crippen molar-refractivity contribution in [3.05, 3.63) is 48.0 Å². The van der Waals surface area contributed by atoms with Gasteiger partial charge in [-0.05, 0) is 36.2 Å². The molecular formula is C20H20N4O3S2. The number of carbonyl (C=O) groups excluding carboxylic acids is 1. The van der Waals surface area contributed by atoms with E-state index in [9.17, 15) is 4.79 Å². The summed E-state index contributed by atoms with van der Waals surface area (Å²) in [6.07, 6.45) is 1.01. The lowest BCUT2D eigenvalue weighted by molar-refractivity contribution is -0.113. The van der Waals surface area contributed by atoms with Gasteiger partial charge < -0.3 is 20.1 Å². The number of amides is 1. The van der Waals surface area contributed by atoms with Crippen LogP contribution in [0.5, 0.6) is 11.5 Å². The van der Waals surface area contributed by atoms with E-state index in [0.29, 0.717) is 35.5 Å². The molecule has 9 heteroatoms. The van der Waals surface area contributed by atoms with Crippen molar-refractivity contribution in [2.24, 2.45) is 0 Å². The van der Waals surface area contributed by atoms with E-state index < -0.39 is 0 Å².